The summed E-state index contributed by atoms with van der Waals surface area (Å²) in [5, 5.41) is 14.5. The Bertz CT molecular complexity index is 1300. The van der Waals surface area contributed by atoms with Crippen LogP contribution in [0.4, 0.5) is 0 Å². The molecule has 1 aromatic carbocycles. The molecule has 5 heterocycles. The molecule has 2 atom stereocenters. The first-order valence-corrected chi connectivity index (χ1v) is 11.4. The highest BCUT2D eigenvalue weighted by atomic mass is 16.6. The summed E-state index contributed by atoms with van der Waals surface area (Å²) in [5.41, 5.74) is 3.81. The fourth-order valence-electron chi connectivity index (χ4n) is 4.31. The van der Waals surface area contributed by atoms with Crippen molar-refractivity contribution in [3.63, 3.8) is 0 Å². The van der Waals surface area contributed by atoms with E-state index < -0.39 is 6.35 Å². The van der Waals surface area contributed by atoms with Crippen molar-refractivity contribution in [2.45, 2.75) is 32.4 Å². The van der Waals surface area contributed by atoms with E-state index in [0.717, 1.165) is 34.7 Å². The molecule has 3 aliphatic rings. The molecule has 0 radical (unpaired) electrons. The van der Waals surface area contributed by atoms with Crippen LogP contribution in [0.15, 0.2) is 58.2 Å². The highest BCUT2D eigenvalue weighted by Gasteiger charge is 2.31. The quantitative estimate of drug-likeness (QED) is 0.594. The molecule has 0 saturated carbocycles. The van der Waals surface area contributed by atoms with Crippen molar-refractivity contribution >= 4 is 11.6 Å². The van der Waals surface area contributed by atoms with Crippen LogP contribution in [-0.2, 0) is 17.8 Å². The number of aliphatic imine (C=N–C) groups is 1. The molecule has 6 rings (SSSR count). The first kappa shape index (κ1) is 21.5. The largest absolute Gasteiger partial charge is 0.486 e. The van der Waals surface area contributed by atoms with Gasteiger partial charge in [-0.3, -0.25) is 0 Å². The normalized spacial score (nSPS) is 20.3. The van der Waals surface area contributed by atoms with Crippen LogP contribution in [0.5, 0.6) is 17.4 Å². The van der Waals surface area contributed by atoms with E-state index in [1.54, 1.807) is 18.3 Å². The van der Waals surface area contributed by atoms with Gasteiger partial charge in [0.05, 0.1) is 11.4 Å². The maximum Gasteiger partial charge on any atom is 0.257 e. The molecular formula is C25H24N4O6. The Morgan fingerprint density at radius 3 is 3.03 bits per heavy atom. The topological polar surface area (TPSA) is 112 Å². The summed E-state index contributed by atoms with van der Waals surface area (Å²) in [6.07, 6.45) is 2.94. The molecule has 35 heavy (non-hydrogen) atoms. The van der Waals surface area contributed by atoms with Crippen molar-refractivity contribution in [3.05, 3.63) is 71.3 Å². The minimum Gasteiger partial charge on any atom is -0.486 e. The van der Waals surface area contributed by atoms with Gasteiger partial charge in [0.1, 0.15) is 25.6 Å². The third-order valence-corrected chi connectivity index (χ3v) is 5.98. The number of aliphatic hydroxyl groups excluding tert-OH is 1. The summed E-state index contributed by atoms with van der Waals surface area (Å²) in [6, 6.07) is 11.4. The third kappa shape index (κ3) is 4.40. The van der Waals surface area contributed by atoms with Gasteiger partial charge in [0, 0.05) is 30.4 Å². The van der Waals surface area contributed by atoms with Crippen LogP contribution in [0.1, 0.15) is 22.6 Å². The summed E-state index contributed by atoms with van der Waals surface area (Å²) in [7, 11) is 0. The number of rotatable bonds is 5. The van der Waals surface area contributed by atoms with Crippen molar-refractivity contribution < 1.29 is 28.6 Å². The molecular weight excluding hydrogens is 452 g/mol. The average Bonchev–Trinajstić information content (AvgIpc) is 3.30. The fraction of sp³-hybridized carbons (Fsp3) is 0.320. The molecule has 10 heteroatoms. The Kier molecular flexibility index (Phi) is 5.49. The Hall–Kier alpha value is -4.05. The zero-order valence-electron chi connectivity index (χ0n) is 19.1. The van der Waals surface area contributed by atoms with E-state index in [1.165, 1.54) is 0 Å². The van der Waals surface area contributed by atoms with Crippen LogP contribution in [-0.4, -0.2) is 58.3 Å². The summed E-state index contributed by atoms with van der Waals surface area (Å²) >= 11 is 0. The molecule has 0 amide bonds. The molecule has 3 aromatic rings. The second kappa shape index (κ2) is 8.95. The summed E-state index contributed by atoms with van der Waals surface area (Å²) in [5.74, 6) is 2.83. The number of aliphatic hydroxyl groups is 1. The van der Waals surface area contributed by atoms with Crippen LogP contribution in [0.25, 0.3) is 5.70 Å². The first-order valence-electron chi connectivity index (χ1n) is 11.4. The second-order valence-corrected chi connectivity index (χ2v) is 8.50. The standard InChI is InChI=1S/C25H24N4O6/c1-15-9-18(35-28-15)12-31-17-4-5-20-16(10-17)6-8-29-21(20)11-23(27-25(29)30)32-13-19-14-33-24-22(34-19)3-2-7-26-24/h2-5,7,9-11,19,25,30H,6,8,12-14H2,1H3. The van der Waals surface area contributed by atoms with Gasteiger partial charge in [-0.2, -0.15) is 4.99 Å². The SMILES string of the molecule is Cc1cc(COc2ccc3c(c2)CCN2C3=CC(OCC3COc4ncccc4O3)=NC2O)on1. The smallest absolute Gasteiger partial charge is 0.257 e. The molecule has 0 spiro atoms. The number of pyridine rings is 1. The molecule has 2 aromatic heterocycles. The zero-order valence-corrected chi connectivity index (χ0v) is 19.1. The zero-order chi connectivity index (χ0) is 23.8. The van der Waals surface area contributed by atoms with Gasteiger partial charge >= 0.3 is 0 Å². The molecule has 180 valence electrons. The number of fused-ring (bicyclic) bond motifs is 4. The van der Waals surface area contributed by atoms with Crippen molar-refractivity contribution in [2.75, 3.05) is 19.8 Å². The second-order valence-electron chi connectivity index (χ2n) is 8.50. The maximum absolute atomic E-state index is 10.6. The number of hydrogen-bond acceptors (Lipinski definition) is 10. The number of aryl methyl sites for hydroxylation is 1. The van der Waals surface area contributed by atoms with E-state index >= 15 is 0 Å². The summed E-state index contributed by atoms with van der Waals surface area (Å²) in [4.78, 5) is 10.3. The van der Waals surface area contributed by atoms with Gasteiger partial charge in [0.15, 0.2) is 17.6 Å². The minimum absolute atomic E-state index is 0.227. The summed E-state index contributed by atoms with van der Waals surface area (Å²) < 4.78 is 28.5. The lowest BCUT2D eigenvalue weighted by atomic mass is 9.95. The fourth-order valence-corrected chi connectivity index (χ4v) is 4.31. The van der Waals surface area contributed by atoms with Gasteiger partial charge in [-0.05, 0) is 49.2 Å². The van der Waals surface area contributed by atoms with Crippen molar-refractivity contribution in [1.82, 2.24) is 15.0 Å². The Balaban J connectivity index is 1.14. The van der Waals surface area contributed by atoms with E-state index in [1.807, 2.05) is 42.2 Å². The van der Waals surface area contributed by atoms with E-state index in [9.17, 15) is 5.11 Å². The van der Waals surface area contributed by atoms with E-state index in [4.69, 9.17) is 23.5 Å². The number of ether oxygens (including phenoxy) is 4. The average molecular weight is 476 g/mol. The molecule has 1 N–H and O–H groups in total. The predicted octanol–water partition coefficient (Wildman–Crippen LogP) is 2.70. The molecule has 0 aliphatic carbocycles. The van der Waals surface area contributed by atoms with Crippen LogP contribution in [0.2, 0.25) is 0 Å². The van der Waals surface area contributed by atoms with Crippen molar-refractivity contribution in [2.24, 2.45) is 4.99 Å². The molecule has 2 unspecified atom stereocenters. The molecule has 10 nitrogen and oxygen atoms in total. The highest BCUT2D eigenvalue weighted by Crippen LogP contribution is 2.35. The van der Waals surface area contributed by atoms with Gasteiger partial charge in [-0.15, -0.1) is 0 Å². The maximum atomic E-state index is 10.6. The lowest BCUT2D eigenvalue weighted by Crippen LogP contribution is -2.41. The third-order valence-electron chi connectivity index (χ3n) is 5.98. The van der Waals surface area contributed by atoms with Crippen molar-refractivity contribution in [1.29, 1.82) is 0 Å². The molecule has 0 bridgehead atoms. The van der Waals surface area contributed by atoms with Crippen LogP contribution in [0.3, 0.4) is 0 Å². The Morgan fingerprint density at radius 2 is 2.14 bits per heavy atom. The Labute approximate surface area is 201 Å². The Morgan fingerprint density at radius 1 is 1.20 bits per heavy atom. The van der Waals surface area contributed by atoms with Gasteiger partial charge in [0.25, 0.3) is 5.88 Å². The number of benzene rings is 1. The molecule has 0 saturated heterocycles. The number of nitrogens with zero attached hydrogens (tertiary/aromatic N) is 4. The van der Waals surface area contributed by atoms with E-state index in [2.05, 4.69) is 15.1 Å². The van der Waals surface area contributed by atoms with Gasteiger partial charge in [0.2, 0.25) is 12.2 Å². The molecule has 0 fully saturated rings. The highest BCUT2D eigenvalue weighted by molar-refractivity contribution is 5.97. The number of hydrogen-bond donors (Lipinski definition) is 1. The lowest BCUT2D eigenvalue weighted by molar-refractivity contribution is 0.0348. The van der Waals surface area contributed by atoms with Crippen LogP contribution >= 0.6 is 0 Å². The van der Waals surface area contributed by atoms with Crippen molar-refractivity contribution in [3.8, 4) is 17.4 Å². The molecule has 3 aliphatic heterocycles. The van der Waals surface area contributed by atoms with Gasteiger partial charge in [-0.1, -0.05) is 5.16 Å². The summed E-state index contributed by atoms with van der Waals surface area (Å²) in [6.45, 7) is 3.36. The monoisotopic (exact) mass is 476 g/mol. The van der Waals surface area contributed by atoms with Gasteiger partial charge < -0.3 is 33.5 Å². The van der Waals surface area contributed by atoms with E-state index in [-0.39, 0.29) is 12.7 Å². The van der Waals surface area contributed by atoms with E-state index in [0.29, 0.717) is 43.0 Å². The lowest BCUT2D eigenvalue weighted by Gasteiger charge is -2.37. The predicted molar refractivity (Wildman–Crippen MR) is 124 cm³/mol. The minimum atomic E-state index is -1.02. The number of aromatic nitrogens is 2. The first-order chi connectivity index (χ1) is 17.1. The van der Waals surface area contributed by atoms with Crippen LogP contribution in [0, 0.1) is 6.92 Å². The van der Waals surface area contributed by atoms with Crippen LogP contribution < -0.4 is 14.2 Å². The van der Waals surface area contributed by atoms with Gasteiger partial charge in [-0.25, -0.2) is 4.98 Å².